The van der Waals surface area contributed by atoms with Crippen molar-refractivity contribution in [2.45, 2.75) is 25.4 Å². The lowest BCUT2D eigenvalue weighted by Gasteiger charge is -2.21. The van der Waals surface area contributed by atoms with Crippen LogP contribution in [0, 0.1) is 11.6 Å². The molecule has 2 rings (SSSR count). The molecule has 1 N–H and O–H groups in total. The number of aliphatic hydroxyl groups is 1. The number of benzene rings is 1. The van der Waals surface area contributed by atoms with Crippen LogP contribution in [0.1, 0.15) is 30.1 Å². The number of aliphatic hydroxyl groups excluding tert-OH is 1. The predicted octanol–water partition coefficient (Wildman–Crippen LogP) is 2.33. The molecule has 0 saturated carbocycles. The van der Waals surface area contributed by atoms with Gasteiger partial charge in [0.2, 0.25) is 0 Å². The fourth-order valence-electron chi connectivity index (χ4n) is 1.77. The second-order valence-corrected chi connectivity index (χ2v) is 3.37. The molecule has 70 valence electrons. The quantitative estimate of drug-likeness (QED) is 0.656. The van der Waals surface area contributed by atoms with Gasteiger partial charge in [-0.3, -0.25) is 0 Å². The van der Waals surface area contributed by atoms with E-state index in [9.17, 15) is 13.9 Å². The van der Waals surface area contributed by atoms with Crippen molar-refractivity contribution < 1.29 is 13.9 Å². The molecule has 1 aliphatic carbocycles. The van der Waals surface area contributed by atoms with E-state index < -0.39 is 17.7 Å². The lowest BCUT2D eigenvalue weighted by Crippen LogP contribution is -2.10. The van der Waals surface area contributed by atoms with E-state index in [0.717, 1.165) is 24.5 Å². The van der Waals surface area contributed by atoms with Gasteiger partial charge in [-0.25, -0.2) is 8.78 Å². The van der Waals surface area contributed by atoms with Crippen LogP contribution >= 0.6 is 0 Å². The minimum Gasteiger partial charge on any atom is -0.388 e. The van der Waals surface area contributed by atoms with Crippen LogP contribution in [0.25, 0.3) is 0 Å². The van der Waals surface area contributed by atoms with Gasteiger partial charge in [0.15, 0.2) is 11.6 Å². The first-order valence-corrected chi connectivity index (χ1v) is 4.34. The molecule has 1 aromatic carbocycles. The number of hydrogen-bond donors (Lipinski definition) is 1. The fourth-order valence-corrected chi connectivity index (χ4v) is 1.77. The normalized spacial score (nSPS) is 21.3. The fraction of sp³-hybridized carbons (Fsp3) is 0.400. The van der Waals surface area contributed by atoms with Gasteiger partial charge in [0.1, 0.15) is 0 Å². The Morgan fingerprint density at radius 1 is 1.23 bits per heavy atom. The molecular formula is C10H10F2O. The van der Waals surface area contributed by atoms with Crippen molar-refractivity contribution in [2.24, 2.45) is 0 Å². The highest BCUT2D eigenvalue weighted by Crippen LogP contribution is 2.30. The van der Waals surface area contributed by atoms with E-state index >= 15 is 0 Å². The van der Waals surface area contributed by atoms with Crippen LogP contribution in [0.4, 0.5) is 8.78 Å². The number of fused-ring (bicyclic) bond motifs is 1. The summed E-state index contributed by atoms with van der Waals surface area (Å²) in [6.45, 7) is 0. The van der Waals surface area contributed by atoms with Crippen LogP contribution in [0.15, 0.2) is 12.1 Å². The second kappa shape index (κ2) is 3.07. The number of hydrogen-bond acceptors (Lipinski definition) is 1. The topological polar surface area (TPSA) is 20.2 Å². The molecule has 0 heterocycles. The molecule has 13 heavy (non-hydrogen) atoms. The van der Waals surface area contributed by atoms with E-state index in [4.69, 9.17) is 0 Å². The van der Waals surface area contributed by atoms with Crippen molar-refractivity contribution in [1.29, 1.82) is 0 Å². The third-order valence-corrected chi connectivity index (χ3v) is 2.46. The summed E-state index contributed by atoms with van der Waals surface area (Å²) in [4.78, 5) is 0. The van der Waals surface area contributed by atoms with Crippen LogP contribution in [-0.2, 0) is 6.42 Å². The van der Waals surface area contributed by atoms with Crippen molar-refractivity contribution >= 4 is 0 Å². The Hall–Kier alpha value is -0.960. The summed E-state index contributed by atoms with van der Waals surface area (Å²) in [7, 11) is 0. The minimum absolute atomic E-state index is 0.546. The molecule has 3 heteroatoms. The van der Waals surface area contributed by atoms with Crippen LogP contribution in [-0.4, -0.2) is 5.11 Å². The van der Waals surface area contributed by atoms with Crippen molar-refractivity contribution in [3.63, 3.8) is 0 Å². The van der Waals surface area contributed by atoms with E-state index in [1.54, 1.807) is 0 Å². The molecule has 1 aromatic rings. The Morgan fingerprint density at radius 3 is 2.69 bits per heavy atom. The molecule has 0 radical (unpaired) electrons. The van der Waals surface area contributed by atoms with Gasteiger partial charge < -0.3 is 5.11 Å². The molecule has 0 aromatic heterocycles. The third-order valence-electron chi connectivity index (χ3n) is 2.46. The van der Waals surface area contributed by atoms with Crippen LogP contribution in [0.3, 0.4) is 0 Å². The highest BCUT2D eigenvalue weighted by molar-refractivity contribution is 5.32. The third kappa shape index (κ3) is 1.44. The standard InChI is InChI=1S/C10H10F2O/c11-8-4-6-2-1-3-10(13)7(6)5-9(8)12/h4-5,10,13H,1-3H2. The summed E-state index contributed by atoms with van der Waals surface area (Å²) in [6, 6.07) is 2.29. The van der Waals surface area contributed by atoms with E-state index in [1.165, 1.54) is 6.07 Å². The molecule has 1 aliphatic rings. The zero-order chi connectivity index (χ0) is 9.42. The molecule has 1 unspecified atom stereocenters. The molecule has 0 aliphatic heterocycles. The van der Waals surface area contributed by atoms with Gasteiger partial charge in [-0.15, -0.1) is 0 Å². The SMILES string of the molecule is OC1CCCc2cc(F)c(F)cc21. The van der Waals surface area contributed by atoms with Gasteiger partial charge >= 0.3 is 0 Å². The Kier molecular flexibility index (Phi) is 2.04. The van der Waals surface area contributed by atoms with Crippen molar-refractivity contribution in [1.82, 2.24) is 0 Å². The monoisotopic (exact) mass is 184 g/mol. The summed E-state index contributed by atoms with van der Waals surface area (Å²) in [6.07, 6.45) is 1.57. The molecule has 0 spiro atoms. The Bertz CT molecular complexity index is 336. The minimum atomic E-state index is -0.875. The predicted molar refractivity (Wildman–Crippen MR) is 44.3 cm³/mol. The highest BCUT2D eigenvalue weighted by Gasteiger charge is 2.20. The molecule has 0 saturated heterocycles. The average molecular weight is 184 g/mol. The lowest BCUT2D eigenvalue weighted by atomic mass is 9.89. The zero-order valence-electron chi connectivity index (χ0n) is 7.06. The summed E-state index contributed by atoms with van der Waals surface area (Å²) in [5.41, 5.74) is 1.28. The smallest absolute Gasteiger partial charge is 0.159 e. The Labute approximate surface area is 75.0 Å². The van der Waals surface area contributed by atoms with Gasteiger partial charge in [0.25, 0.3) is 0 Å². The summed E-state index contributed by atoms with van der Waals surface area (Å²) < 4.78 is 25.6. The van der Waals surface area contributed by atoms with Gasteiger partial charge in [-0.2, -0.15) is 0 Å². The average Bonchev–Trinajstić information content (AvgIpc) is 2.09. The molecular weight excluding hydrogens is 174 g/mol. The summed E-state index contributed by atoms with van der Waals surface area (Å²) in [5, 5.41) is 9.49. The van der Waals surface area contributed by atoms with Crippen molar-refractivity contribution in [3.8, 4) is 0 Å². The van der Waals surface area contributed by atoms with E-state index in [0.29, 0.717) is 12.0 Å². The second-order valence-electron chi connectivity index (χ2n) is 3.37. The molecule has 0 bridgehead atoms. The van der Waals surface area contributed by atoms with Gasteiger partial charge in [0, 0.05) is 0 Å². The molecule has 0 amide bonds. The molecule has 0 fully saturated rings. The number of aryl methyl sites for hydroxylation is 1. The van der Waals surface area contributed by atoms with Gasteiger partial charge in [-0.05, 0) is 42.5 Å². The maximum atomic E-state index is 12.8. The first-order chi connectivity index (χ1) is 6.18. The highest BCUT2D eigenvalue weighted by atomic mass is 19.2. The van der Waals surface area contributed by atoms with Gasteiger partial charge in [0.05, 0.1) is 6.10 Å². The van der Waals surface area contributed by atoms with Crippen LogP contribution in [0.2, 0.25) is 0 Å². The Balaban J connectivity index is 2.52. The lowest BCUT2D eigenvalue weighted by molar-refractivity contribution is 0.156. The van der Waals surface area contributed by atoms with Crippen LogP contribution in [0.5, 0.6) is 0 Å². The number of rotatable bonds is 0. The Morgan fingerprint density at radius 2 is 1.92 bits per heavy atom. The van der Waals surface area contributed by atoms with Crippen molar-refractivity contribution in [3.05, 3.63) is 34.9 Å². The van der Waals surface area contributed by atoms with Crippen LogP contribution < -0.4 is 0 Å². The van der Waals surface area contributed by atoms with E-state index in [1.807, 2.05) is 0 Å². The first-order valence-electron chi connectivity index (χ1n) is 4.34. The summed E-state index contributed by atoms with van der Waals surface area (Å²) in [5.74, 6) is -1.70. The van der Waals surface area contributed by atoms with E-state index in [-0.39, 0.29) is 0 Å². The number of halogens is 2. The maximum absolute atomic E-state index is 12.8. The molecule has 1 atom stereocenters. The summed E-state index contributed by atoms with van der Waals surface area (Å²) >= 11 is 0. The maximum Gasteiger partial charge on any atom is 0.159 e. The zero-order valence-corrected chi connectivity index (χ0v) is 7.06. The van der Waals surface area contributed by atoms with E-state index in [2.05, 4.69) is 0 Å². The molecule has 1 nitrogen and oxygen atoms in total. The largest absolute Gasteiger partial charge is 0.388 e. The van der Waals surface area contributed by atoms with Gasteiger partial charge in [-0.1, -0.05) is 0 Å². The van der Waals surface area contributed by atoms with Crippen molar-refractivity contribution in [2.75, 3.05) is 0 Å². The first kappa shape index (κ1) is 8.63.